The standard InChI is InChI=1S/C20H17NO3S2/c1-3-13-5-7-14(8-6-13)10-17-18(22)21(20(25)26-17)16-11-15(19(23)24)9-4-12(16)2/h4-11H,3H2,1-2H3,(H,23,24). The van der Waals surface area contributed by atoms with Crippen LogP contribution in [-0.2, 0) is 11.2 Å². The van der Waals surface area contributed by atoms with E-state index in [0.29, 0.717) is 14.9 Å². The fraction of sp³-hybridized carbons (Fsp3) is 0.150. The van der Waals surface area contributed by atoms with Gasteiger partial charge in [0.05, 0.1) is 16.2 Å². The zero-order valence-corrected chi connectivity index (χ0v) is 16.0. The van der Waals surface area contributed by atoms with E-state index in [4.69, 9.17) is 12.2 Å². The molecule has 2 aromatic carbocycles. The van der Waals surface area contributed by atoms with Gasteiger partial charge < -0.3 is 5.11 Å². The molecule has 6 heteroatoms. The van der Waals surface area contributed by atoms with Gasteiger partial charge in [0, 0.05) is 0 Å². The van der Waals surface area contributed by atoms with Crippen molar-refractivity contribution in [3.8, 4) is 0 Å². The molecule has 132 valence electrons. The van der Waals surface area contributed by atoms with E-state index in [0.717, 1.165) is 17.5 Å². The number of aromatic carboxylic acids is 1. The first-order chi connectivity index (χ1) is 12.4. The van der Waals surface area contributed by atoms with Crippen molar-refractivity contribution in [3.05, 3.63) is 69.6 Å². The van der Waals surface area contributed by atoms with E-state index in [9.17, 15) is 14.7 Å². The van der Waals surface area contributed by atoms with Crippen molar-refractivity contribution in [1.82, 2.24) is 0 Å². The van der Waals surface area contributed by atoms with E-state index in [1.807, 2.05) is 37.3 Å². The second-order valence-electron chi connectivity index (χ2n) is 5.92. The average molecular weight is 383 g/mol. The molecule has 3 rings (SSSR count). The highest BCUT2D eigenvalue weighted by atomic mass is 32.2. The zero-order valence-electron chi connectivity index (χ0n) is 14.4. The van der Waals surface area contributed by atoms with Gasteiger partial charge in [0.1, 0.15) is 0 Å². The topological polar surface area (TPSA) is 57.6 Å². The van der Waals surface area contributed by atoms with Crippen LogP contribution in [0.2, 0.25) is 0 Å². The highest BCUT2D eigenvalue weighted by molar-refractivity contribution is 8.27. The summed E-state index contributed by atoms with van der Waals surface area (Å²) < 4.78 is 0.400. The lowest BCUT2D eigenvalue weighted by Gasteiger charge is -2.17. The van der Waals surface area contributed by atoms with Gasteiger partial charge in [0.15, 0.2) is 4.32 Å². The SMILES string of the molecule is CCc1ccc(C=C2SC(=S)N(c3cc(C(=O)O)ccc3C)C2=O)cc1. The maximum atomic E-state index is 12.9. The molecule has 0 radical (unpaired) electrons. The first-order valence-corrected chi connectivity index (χ1v) is 9.34. The third-order valence-electron chi connectivity index (χ3n) is 4.18. The quantitative estimate of drug-likeness (QED) is 0.615. The Morgan fingerprint density at radius 2 is 1.92 bits per heavy atom. The molecule has 0 saturated carbocycles. The number of thioether (sulfide) groups is 1. The molecule has 1 aliphatic heterocycles. The molecule has 4 nitrogen and oxygen atoms in total. The highest BCUT2D eigenvalue weighted by Crippen LogP contribution is 2.37. The molecule has 0 bridgehead atoms. The molecule has 1 saturated heterocycles. The molecule has 0 unspecified atom stereocenters. The molecule has 0 aromatic heterocycles. The fourth-order valence-electron chi connectivity index (χ4n) is 2.66. The van der Waals surface area contributed by atoms with E-state index in [1.54, 1.807) is 6.07 Å². The van der Waals surface area contributed by atoms with Gasteiger partial charge in [-0.3, -0.25) is 9.69 Å². The maximum Gasteiger partial charge on any atom is 0.335 e. The molecule has 2 aromatic rings. The second kappa shape index (κ2) is 7.43. The van der Waals surface area contributed by atoms with E-state index in [2.05, 4.69) is 6.92 Å². The van der Waals surface area contributed by atoms with Gasteiger partial charge in [-0.05, 0) is 48.2 Å². The van der Waals surface area contributed by atoms with Crippen LogP contribution in [0.25, 0.3) is 6.08 Å². The molecule has 1 fully saturated rings. The summed E-state index contributed by atoms with van der Waals surface area (Å²) in [5.74, 6) is -1.27. The van der Waals surface area contributed by atoms with E-state index < -0.39 is 5.97 Å². The number of amides is 1. The Balaban J connectivity index is 1.95. The van der Waals surface area contributed by atoms with Gasteiger partial charge in [-0.25, -0.2) is 4.79 Å². The van der Waals surface area contributed by atoms with Gasteiger partial charge in [-0.15, -0.1) is 0 Å². The molecular formula is C20H17NO3S2. The Bertz CT molecular complexity index is 933. The van der Waals surface area contributed by atoms with Crippen molar-refractivity contribution in [1.29, 1.82) is 0 Å². The van der Waals surface area contributed by atoms with Crippen LogP contribution in [-0.4, -0.2) is 21.3 Å². The van der Waals surface area contributed by atoms with Crippen molar-refractivity contribution >= 4 is 51.9 Å². The molecule has 0 atom stereocenters. The number of hydrogen-bond acceptors (Lipinski definition) is 4. The minimum absolute atomic E-state index is 0.124. The third kappa shape index (κ3) is 3.57. The minimum Gasteiger partial charge on any atom is -0.478 e. The second-order valence-corrected chi connectivity index (χ2v) is 7.59. The van der Waals surface area contributed by atoms with Crippen LogP contribution in [0.4, 0.5) is 5.69 Å². The fourth-order valence-corrected chi connectivity index (χ4v) is 3.94. The monoisotopic (exact) mass is 383 g/mol. The Morgan fingerprint density at radius 3 is 2.54 bits per heavy atom. The van der Waals surface area contributed by atoms with Crippen LogP contribution >= 0.6 is 24.0 Å². The van der Waals surface area contributed by atoms with E-state index in [1.165, 1.54) is 34.4 Å². The van der Waals surface area contributed by atoms with Gasteiger partial charge in [0.2, 0.25) is 0 Å². The summed E-state index contributed by atoms with van der Waals surface area (Å²) in [6.07, 6.45) is 2.77. The minimum atomic E-state index is -1.04. The molecule has 26 heavy (non-hydrogen) atoms. The lowest BCUT2D eigenvalue weighted by molar-refractivity contribution is -0.113. The molecule has 0 spiro atoms. The average Bonchev–Trinajstić information content (AvgIpc) is 2.89. The summed E-state index contributed by atoms with van der Waals surface area (Å²) >= 11 is 6.61. The number of benzene rings is 2. The van der Waals surface area contributed by atoms with Gasteiger partial charge in [-0.1, -0.05) is 61.2 Å². The number of rotatable bonds is 4. The number of carboxylic acids is 1. The number of nitrogens with zero attached hydrogens (tertiary/aromatic N) is 1. The summed E-state index contributed by atoms with van der Waals surface area (Å²) in [4.78, 5) is 26.1. The lowest BCUT2D eigenvalue weighted by Crippen LogP contribution is -2.28. The number of carbonyl (C=O) groups excluding carboxylic acids is 1. The zero-order chi connectivity index (χ0) is 18.8. The lowest BCUT2D eigenvalue weighted by atomic mass is 10.1. The van der Waals surface area contributed by atoms with Crippen LogP contribution < -0.4 is 4.90 Å². The highest BCUT2D eigenvalue weighted by Gasteiger charge is 2.34. The van der Waals surface area contributed by atoms with Crippen LogP contribution in [0.3, 0.4) is 0 Å². The number of hydrogen-bond donors (Lipinski definition) is 1. The summed E-state index contributed by atoms with van der Waals surface area (Å²) in [5, 5.41) is 9.21. The Kier molecular flexibility index (Phi) is 5.25. The predicted molar refractivity (Wildman–Crippen MR) is 110 cm³/mol. The van der Waals surface area contributed by atoms with Crippen molar-refractivity contribution in [2.45, 2.75) is 20.3 Å². The van der Waals surface area contributed by atoms with Crippen molar-refractivity contribution in [2.24, 2.45) is 0 Å². The number of thiocarbonyl (C=S) groups is 1. The summed E-state index contributed by atoms with van der Waals surface area (Å²) in [6.45, 7) is 3.92. The van der Waals surface area contributed by atoms with Crippen LogP contribution in [0.1, 0.15) is 34.0 Å². The maximum absolute atomic E-state index is 12.9. The number of carbonyl (C=O) groups is 2. The Morgan fingerprint density at radius 1 is 1.23 bits per heavy atom. The molecule has 1 N–H and O–H groups in total. The van der Waals surface area contributed by atoms with E-state index >= 15 is 0 Å². The van der Waals surface area contributed by atoms with Crippen LogP contribution in [0.5, 0.6) is 0 Å². The molecule has 1 heterocycles. The molecule has 1 aliphatic rings. The van der Waals surface area contributed by atoms with Crippen molar-refractivity contribution < 1.29 is 14.7 Å². The third-order valence-corrected chi connectivity index (χ3v) is 5.48. The summed E-state index contributed by atoms with van der Waals surface area (Å²) in [6, 6.07) is 12.7. The molecule has 0 aliphatic carbocycles. The van der Waals surface area contributed by atoms with Crippen LogP contribution in [0.15, 0.2) is 47.4 Å². The van der Waals surface area contributed by atoms with Crippen LogP contribution in [0, 0.1) is 6.92 Å². The largest absolute Gasteiger partial charge is 0.478 e. The summed E-state index contributed by atoms with van der Waals surface area (Å²) in [7, 11) is 0. The predicted octanol–water partition coefficient (Wildman–Crippen LogP) is 4.66. The van der Waals surface area contributed by atoms with Gasteiger partial charge in [-0.2, -0.15) is 0 Å². The first kappa shape index (κ1) is 18.4. The number of aryl methyl sites for hydroxylation is 2. The number of carboxylic acid groups (broad SMARTS) is 1. The van der Waals surface area contributed by atoms with Gasteiger partial charge in [0.25, 0.3) is 5.91 Å². The molecule has 1 amide bonds. The van der Waals surface area contributed by atoms with Crippen molar-refractivity contribution in [2.75, 3.05) is 4.90 Å². The normalized spacial score (nSPS) is 15.8. The summed E-state index contributed by atoms with van der Waals surface area (Å²) in [5.41, 5.74) is 3.59. The Hall–Kier alpha value is -2.44. The Labute approximate surface area is 161 Å². The molecular weight excluding hydrogens is 366 g/mol. The first-order valence-electron chi connectivity index (χ1n) is 8.11. The van der Waals surface area contributed by atoms with Crippen molar-refractivity contribution in [3.63, 3.8) is 0 Å². The van der Waals surface area contributed by atoms with Gasteiger partial charge >= 0.3 is 5.97 Å². The number of anilines is 1. The smallest absolute Gasteiger partial charge is 0.335 e. The van der Waals surface area contributed by atoms with E-state index in [-0.39, 0.29) is 11.5 Å².